The van der Waals surface area contributed by atoms with Gasteiger partial charge in [-0.1, -0.05) is 25.3 Å². The molecule has 0 saturated heterocycles. The highest BCUT2D eigenvalue weighted by atomic mass is 16.5. The van der Waals surface area contributed by atoms with E-state index in [9.17, 15) is 4.79 Å². The Bertz CT molecular complexity index is 652. The maximum atomic E-state index is 12.0. The lowest BCUT2D eigenvalue weighted by Gasteiger charge is -2.09. The Kier molecular flexibility index (Phi) is 7.15. The lowest BCUT2D eigenvalue weighted by atomic mass is 10.1. The van der Waals surface area contributed by atoms with Crippen molar-refractivity contribution >= 4 is 12.0 Å². The van der Waals surface area contributed by atoms with E-state index in [4.69, 9.17) is 14.7 Å². The molecule has 120 valence electrons. The first-order valence-electron chi connectivity index (χ1n) is 6.99. The Labute approximate surface area is 136 Å². The molecule has 0 aromatic heterocycles. The SMILES string of the molecule is C=C(C)C(=C)OCCNC(=O)/C(C#N)=C/c1ccc(OC)cc1. The first-order chi connectivity index (χ1) is 11.0. The number of carbonyl (C=O) groups is 1. The summed E-state index contributed by atoms with van der Waals surface area (Å²) < 4.78 is 10.3. The van der Waals surface area contributed by atoms with E-state index in [1.165, 1.54) is 6.08 Å². The molecule has 0 bridgehead atoms. The number of amides is 1. The molecule has 5 nitrogen and oxygen atoms in total. The Balaban J connectivity index is 2.57. The molecule has 0 unspecified atom stereocenters. The van der Waals surface area contributed by atoms with Gasteiger partial charge < -0.3 is 14.8 Å². The van der Waals surface area contributed by atoms with Crippen molar-refractivity contribution in [3.63, 3.8) is 0 Å². The van der Waals surface area contributed by atoms with E-state index in [0.29, 0.717) is 11.5 Å². The smallest absolute Gasteiger partial charge is 0.262 e. The van der Waals surface area contributed by atoms with Gasteiger partial charge in [-0.15, -0.1) is 0 Å². The van der Waals surface area contributed by atoms with Gasteiger partial charge in [-0.25, -0.2) is 0 Å². The summed E-state index contributed by atoms with van der Waals surface area (Å²) in [7, 11) is 1.57. The number of benzene rings is 1. The van der Waals surface area contributed by atoms with Crippen LogP contribution in [0.2, 0.25) is 0 Å². The molecule has 0 aliphatic carbocycles. The third-order valence-corrected chi connectivity index (χ3v) is 2.93. The standard InChI is InChI=1S/C18H20N2O3/c1-13(2)14(3)23-10-9-20-18(21)16(12-19)11-15-5-7-17(22-4)8-6-15/h5-8,11H,1,3,9-10H2,2,4H3,(H,20,21)/b16-11+. The summed E-state index contributed by atoms with van der Waals surface area (Å²) in [5.74, 6) is 0.737. The second kappa shape index (κ2) is 9.11. The van der Waals surface area contributed by atoms with Crippen LogP contribution >= 0.6 is 0 Å². The molecule has 5 heteroatoms. The van der Waals surface area contributed by atoms with Gasteiger partial charge in [0.25, 0.3) is 5.91 Å². The van der Waals surface area contributed by atoms with Crippen LogP contribution in [0.4, 0.5) is 0 Å². The fraction of sp³-hybridized carbons (Fsp3) is 0.222. The summed E-state index contributed by atoms with van der Waals surface area (Å²) >= 11 is 0. The van der Waals surface area contributed by atoms with Crippen LogP contribution in [0.3, 0.4) is 0 Å². The Morgan fingerprint density at radius 1 is 1.35 bits per heavy atom. The maximum Gasteiger partial charge on any atom is 0.262 e. The molecule has 1 N–H and O–H groups in total. The van der Waals surface area contributed by atoms with Gasteiger partial charge in [0.15, 0.2) is 0 Å². The topological polar surface area (TPSA) is 71.3 Å². The minimum absolute atomic E-state index is 0.0221. The number of nitriles is 1. The van der Waals surface area contributed by atoms with Crippen LogP contribution in [0.5, 0.6) is 5.75 Å². The van der Waals surface area contributed by atoms with Crippen LogP contribution in [-0.4, -0.2) is 26.2 Å². The number of methoxy groups -OCH3 is 1. The summed E-state index contributed by atoms with van der Waals surface area (Å²) in [6.45, 7) is 9.70. The molecule has 1 aromatic carbocycles. The van der Waals surface area contributed by atoms with Gasteiger partial charge in [0.1, 0.15) is 29.8 Å². The minimum Gasteiger partial charge on any atom is -0.497 e. The molecule has 23 heavy (non-hydrogen) atoms. The van der Waals surface area contributed by atoms with Gasteiger partial charge in [-0.3, -0.25) is 4.79 Å². The van der Waals surface area contributed by atoms with Crippen LogP contribution in [0, 0.1) is 11.3 Å². The average molecular weight is 312 g/mol. The molecule has 0 aliphatic rings. The zero-order valence-corrected chi connectivity index (χ0v) is 13.4. The van der Waals surface area contributed by atoms with Crippen molar-refractivity contribution in [1.82, 2.24) is 5.32 Å². The van der Waals surface area contributed by atoms with E-state index in [0.717, 1.165) is 11.1 Å². The van der Waals surface area contributed by atoms with Crippen molar-refractivity contribution in [3.05, 3.63) is 59.9 Å². The molecule has 0 radical (unpaired) electrons. The van der Waals surface area contributed by atoms with E-state index >= 15 is 0 Å². The normalized spacial score (nSPS) is 10.4. The summed E-state index contributed by atoms with van der Waals surface area (Å²) in [6, 6.07) is 8.95. The van der Waals surface area contributed by atoms with Gasteiger partial charge in [-0.05, 0) is 36.3 Å². The number of carbonyl (C=O) groups excluding carboxylic acids is 1. The third kappa shape index (κ3) is 6.10. The van der Waals surface area contributed by atoms with E-state index in [1.54, 1.807) is 38.3 Å². The molecular weight excluding hydrogens is 292 g/mol. The molecule has 0 aliphatic heterocycles. The van der Waals surface area contributed by atoms with Crippen molar-refractivity contribution < 1.29 is 14.3 Å². The van der Waals surface area contributed by atoms with Crippen LogP contribution in [0.15, 0.2) is 54.3 Å². The van der Waals surface area contributed by atoms with Gasteiger partial charge >= 0.3 is 0 Å². The lowest BCUT2D eigenvalue weighted by Crippen LogP contribution is -2.28. The molecule has 0 atom stereocenters. The van der Waals surface area contributed by atoms with Gasteiger partial charge in [0, 0.05) is 0 Å². The Morgan fingerprint density at radius 3 is 2.52 bits per heavy atom. The fourth-order valence-electron chi connectivity index (χ4n) is 1.57. The highest BCUT2D eigenvalue weighted by molar-refractivity contribution is 6.01. The molecular formula is C18H20N2O3. The van der Waals surface area contributed by atoms with Gasteiger partial charge in [-0.2, -0.15) is 5.26 Å². The Morgan fingerprint density at radius 2 is 2.00 bits per heavy atom. The van der Waals surface area contributed by atoms with Crippen molar-refractivity contribution in [2.75, 3.05) is 20.3 Å². The molecule has 0 fully saturated rings. The van der Waals surface area contributed by atoms with E-state index in [1.807, 2.05) is 6.07 Å². The zero-order chi connectivity index (χ0) is 17.2. The molecule has 1 amide bonds. The van der Waals surface area contributed by atoms with Crippen LogP contribution < -0.4 is 10.1 Å². The van der Waals surface area contributed by atoms with Crippen molar-refractivity contribution in [2.45, 2.75) is 6.92 Å². The first kappa shape index (κ1) is 18.1. The second-order valence-corrected chi connectivity index (χ2v) is 4.75. The van der Waals surface area contributed by atoms with E-state index in [2.05, 4.69) is 18.5 Å². The number of hydrogen-bond acceptors (Lipinski definition) is 4. The number of nitrogens with zero attached hydrogens (tertiary/aromatic N) is 1. The summed E-state index contributed by atoms with van der Waals surface area (Å²) in [6.07, 6.45) is 1.52. The largest absolute Gasteiger partial charge is 0.497 e. The first-order valence-corrected chi connectivity index (χ1v) is 6.99. The second-order valence-electron chi connectivity index (χ2n) is 4.75. The zero-order valence-electron chi connectivity index (χ0n) is 13.4. The third-order valence-electron chi connectivity index (χ3n) is 2.93. The predicted molar refractivity (Wildman–Crippen MR) is 89.5 cm³/mol. The molecule has 0 heterocycles. The number of allylic oxidation sites excluding steroid dienone is 1. The Hall–Kier alpha value is -3.00. The summed E-state index contributed by atoms with van der Waals surface area (Å²) in [4.78, 5) is 12.0. The van der Waals surface area contributed by atoms with Gasteiger partial charge in [0.2, 0.25) is 0 Å². The van der Waals surface area contributed by atoms with E-state index < -0.39 is 5.91 Å². The quantitative estimate of drug-likeness (QED) is 0.263. The molecule has 1 rings (SSSR count). The summed E-state index contributed by atoms with van der Waals surface area (Å²) in [5, 5.41) is 11.7. The highest BCUT2D eigenvalue weighted by Gasteiger charge is 2.08. The number of ether oxygens (including phenoxy) is 2. The van der Waals surface area contributed by atoms with Crippen molar-refractivity contribution in [3.8, 4) is 11.8 Å². The van der Waals surface area contributed by atoms with Crippen LogP contribution in [-0.2, 0) is 9.53 Å². The highest BCUT2D eigenvalue weighted by Crippen LogP contribution is 2.14. The number of nitrogens with one attached hydrogen (secondary N) is 1. The monoisotopic (exact) mass is 312 g/mol. The molecule has 0 saturated carbocycles. The van der Waals surface area contributed by atoms with Crippen LogP contribution in [0.1, 0.15) is 12.5 Å². The fourth-order valence-corrected chi connectivity index (χ4v) is 1.57. The predicted octanol–water partition coefficient (Wildman–Crippen LogP) is 2.82. The van der Waals surface area contributed by atoms with Crippen molar-refractivity contribution in [2.24, 2.45) is 0 Å². The van der Waals surface area contributed by atoms with E-state index in [-0.39, 0.29) is 18.7 Å². The minimum atomic E-state index is -0.451. The summed E-state index contributed by atoms with van der Waals surface area (Å²) in [5.41, 5.74) is 1.49. The van der Waals surface area contributed by atoms with Gasteiger partial charge in [0.05, 0.1) is 13.7 Å². The van der Waals surface area contributed by atoms with Crippen molar-refractivity contribution in [1.29, 1.82) is 5.26 Å². The molecule has 1 aromatic rings. The molecule has 0 spiro atoms. The maximum absolute atomic E-state index is 12.0. The lowest BCUT2D eigenvalue weighted by molar-refractivity contribution is -0.117. The number of hydrogen-bond donors (Lipinski definition) is 1. The average Bonchev–Trinajstić information content (AvgIpc) is 2.56. The van der Waals surface area contributed by atoms with Crippen LogP contribution in [0.25, 0.3) is 6.08 Å². The number of rotatable bonds is 8.